The van der Waals surface area contributed by atoms with Crippen molar-refractivity contribution in [1.29, 1.82) is 0 Å². The average Bonchev–Trinajstić information content (AvgIpc) is 2.07. The van der Waals surface area contributed by atoms with Crippen LogP contribution < -0.4 is 0 Å². The predicted octanol–water partition coefficient (Wildman–Crippen LogP) is 0.653. The number of carbonyl (C=O) groups is 1. The molecule has 0 amide bonds. The lowest BCUT2D eigenvalue weighted by atomic mass is 10.4. The minimum absolute atomic E-state index is 0.245. The zero-order valence-electron chi connectivity index (χ0n) is 6.15. The molecule has 1 aromatic heterocycles. The van der Waals surface area contributed by atoms with E-state index in [-0.39, 0.29) is 5.69 Å². The van der Waals surface area contributed by atoms with Crippen LogP contribution in [0, 0.1) is 0 Å². The van der Waals surface area contributed by atoms with Crippen molar-refractivity contribution in [3.05, 3.63) is 24.0 Å². The molecule has 0 saturated heterocycles. The summed E-state index contributed by atoms with van der Waals surface area (Å²) in [6, 6.07) is 3.20. The average molecular weight is 152 g/mol. The van der Waals surface area contributed by atoms with Crippen LogP contribution in [0.15, 0.2) is 18.3 Å². The van der Waals surface area contributed by atoms with E-state index in [1.54, 1.807) is 19.1 Å². The van der Waals surface area contributed by atoms with Gasteiger partial charge in [0.2, 0.25) is 0 Å². The van der Waals surface area contributed by atoms with Crippen LogP contribution in [0.4, 0.5) is 0 Å². The maximum atomic E-state index is 10.9. The largest absolute Gasteiger partial charge is 0.461 e. The number of hydrogen-bond acceptors (Lipinski definition) is 4. The summed E-state index contributed by atoms with van der Waals surface area (Å²) in [6.07, 6.45) is 1.50. The summed E-state index contributed by atoms with van der Waals surface area (Å²) in [7, 11) is 0. The molecule has 4 heteroatoms. The molecule has 0 fully saturated rings. The zero-order chi connectivity index (χ0) is 8.10. The van der Waals surface area contributed by atoms with Crippen LogP contribution >= 0.6 is 0 Å². The van der Waals surface area contributed by atoms with Crippen LogP contribution in [0.25, 0.3) is 0 Å². The van der Waals surface area contributed by atoms with E-state index in [0.717, 1.165) is 0 Å². The molecule has 1 rings (SSSR count). The second kappa shape index (κ2) is 3.65. The van der Waals surface area contributed by atoms with Crippen LogP contribution in [0.3, 0.4) is 0 Å². The summed E-state index contributed by atoms with van der Waals surface area (Å²) < 4.78 is 4.69. The van der Waals surface area contributed by atoms with Crippen LogP contribution in [0.5, 0.6) is 0 Å². The molecule has 0 atom stereocenters. The van der Waals surface area contributed by atoms with Gasteiger partial charge in [0.05, 0.1) is 6.61 Å². The number of esters is 1. The monoisotopic (exact) mass is 152 g/mol. The molecule has 0 aliphatic carbocycles. The van der Waals surface area contributed by atoms with Crippen molar-refractivity contribution in [3.63, 3.8) is 0 Å². The van der Waals surface area contributed by atoms with Crippen molar-refractivity contribution in [1.82, 2.24) is 10.2 Å². The third kappa shape index (κ3) is 2.00. The first-order chi connectivity index (χ1) is 5.34. The van der Waals surface area contributed by atoms with Gasteiger partial charge in [-0.25, -0.2) is 4.79 Å². The smallest absolute Gasteiger partial charge is 0.358 e. The highest BCUT2D eigenvalue weighted by Crippen LogP contribution is 1.93. The number of carbonyl (C=O) groups excluding carboxylic acids is 1. The van der Waals surface area contributed by atoms with Crippen LogP contribution in [0.1, 0.15) is 17.4 Å². The van der Waals surface area contributed by atoms with E-state index >= 15 is 0 Å². The Morgan fingerprint density at radius 2 is 2.55 bits per heavy atom. The Bertz CT molecular complexity index is 235. The molecule has 0 radical (unpaired) electrons. The molecule has 0 saturated carbocycles. The molecule has 0 aliphatic rings. The fourth-order valence-corrected chi connectivity index (χ4v) is 0.615. The second-order valence-corrected chi connectivity index (χ2v) is 1.83. The van der Waals surface area contributed by atoms with Gasteiger partial charge < -0.3 is 4.74 Å². The first kappa shape index (κ1) is 7.65. The molecule has 0 bridgehead atoms. The van der Waals surface area contributed by atoms with Crippen molar-refractivity contribution < 1.29 is 9.53 Å². The van der Waals surface area contributed by atoms with Crippen molar-refractivity contribution in [2.45, 2.75) is 6.92 Å². The second-order valence-electron chi connectivity index (χ2n) is 1.83. The van der Waals surface area contributed by atoms with Gasteiger partial charge in [0.25, 0.3) is 0 Å². The lowest BCUT2D eigenvalue weighted by Gasteiger charge is -1.97. The third-order valence-electron chi connectivity index (χ3n) is 1.06. The molecule has 58 valence electrons. The zero-order valence-corrected chi connectivity index (χ0v) is 6.15. The predicted molar refractivity (Wildman–Crippen MR) is 38.0 cm³/mol. The number of hydrogen-bond donors (Lipinski definition) is 0. The number of ether oxygens (including phenoxy) is 1. The molecule has 0 N–H and O–H groups in total. The third-order valence-corrected chi connectivity index (χ3v) is 1.06. The maximum absolute atomic E-state index is 10.9. The quantitative estimate of drug-likeness (QED) is 0.584. The number of nitrogens with zero attached hydrogens (tertiary/aromatic N) is 2. The van der Waals surface area contributed by atoms with Gasteiger partial charge in [-0.15, -0.1) is 5.10 Å². The first-order valence-corrected chi connectivity index (χ1v) is 3.29. The number of aromatic nitrogens is 2. The van der Waals surface area contributed by atoms with Gasteiger partial charge in [0.15, 0.2) is 5.69 Å². The topological polar surface area (TPSA) is 52.1 Å². The molecule has 1 heterocycles. The maximum Gasteiger partial charge on any atom is 0.358 e. The van der Waals surface area contributed by atoms with Gasteiger partial charge in [0.1, 0.15) is 0 Å². The van der Waals surface area contributed by atoms with Crippen LogP contribution in [-0.4, -0.2) is 22.8 Å². The van der Waals surface area contributed by atoms with E-state index in [0.29, 0.717) is 6.61 Å². The Hall–Kier alpha value is -1.45. The lowest BCUT2D eigenvalue weighted by Crippen LogP contribution is -2.07. The van der Waals surface area contributed by atoms with E-state index in [4.69, 9.17) is 0 Å². The van der Waals surface area contributed by atoms with Crippen molar-refractivity contribution >= 4 is 5.97 Å². The molecule has 0 aromatic carbocycles. The summed E-state index contributed by atoms with van der Waals surface area (Å²) in [6.45, 7) is 2.10. The van der Waals surface area contributed by atoms with Gasteiger partial charge in [-0.3, -0.25) is 0 Å². The van der Waals surface area contributed by atoms with Crippen LogP contribution in [0.2, 0.25) is 0 Å². The van der Waals surface area contributed by atoms with Gasteiger partial charge in [0, 0.05) is 6.20 Å². The van der Waals surface area contributed by atoms with Crippen molar-refractivity contribution in [2.24, 2.45) is 0 Å². The minimum Gasteiger partial charge on any atom is -0.461 e. The fourth-order valence-electron chi connectivity index (χ4n) is 0.615. The molecule has 4 nitrogen and oxygen atoms in total. The number of rotatable bonds is 2. The summed E-state index contributed by atoms with van der Waals surface area (Å²) in [5.41, 5.74) is 0.245. The molecular weight excluding hydrogens is 144 g/mol. The summed E-state index contributed by atoms with van der Waals surface area (Å²) in [4.78, 5) is 10.9. The van der Waals surface area contributed by atoms with Gasteiger partial charge in [-0.05, 0) is 19.1 Å². The summed E-state index contributed by atoms with van der Waals surface area (Å²) >= 11 is 0. The summed E-state index contributed by atoms with van der Waals surface area (Å²) in [5, 5.41) is 7.11. The Kier molecular flexibility index (Phi) is 2.54. The SMILES string of the molecule is CCOC(=O)c1cccnn1. The molecule has 11 heavy (non-hydrogen) atoms. The molecule has 0 aliphatic heterocycles. The Morgan fingerprint density at radius 1 is 1.73 bits per heavy atom. The molecule has 0 spiro atoms. The van der Waals surface area contributed by atoms with Crippen molar-refractivity contribution in [2.75, 3.05) is 6.61 Å². The summed E-state index contributed by atoms with van der Waals surface area (Å²) in [5.74, 6) is -0.430. The Balaban J connectivity index is 2.69. The van der Waals surface area contributed by atoms with E-state index in [9.17, 15) is 4.79 Å². The molecule has 1 aromatic rings. The van der Waals surface area contributed by atoms with Gasteiger partial charge in [-0.1, -0.05) is 0 Å². The molecular formula is C7H8N2O2. The van der Waals surface area contributed by atoms with Crippen LogP contribution in [-0.2, 0) is 4.74 Å². The first-order valence-electron chi connectivity index (χ1n) is 3.29. The highest BCUT2D eigenvalue weighted by molar-refractivity contribution is 5.86. The van der Waals surface area contributed by atoms with E-state index in [2.05, 4.69) is 14.9 Å². The Labute approximate surface area is 64.2 Å². The highest BCUT2D eigenvalue weighted by Gasteiger charge is 2.05. The van der Waals surface area contributed by atoms with Crippen molar-refractivity contribution in [3.8, 4) is 0 Å². The standard InChI is InChI=1S/C7H8N2O2/c1-2-11-7(10)6-4-3-5-8-9-6/h3-5H,2H2,1H3. The lowest BCUT2D eigenvalue weighted by molar-refractivity contribution is 0.0518. The van der Waals surface area contributed by atoms with E-state index in [1.807, 2.05) is 0 Å². The molecule has 0 unspecified atom stereocenters. The fraction of sp³-hybridized carbons (Fsp3) is 0.286. The Morgan fingerprint density at radius 3 is 3.09 bits per heavy atom. The normalized spacial score (nSPS) is 9.18. The van der Waals surface area contributed by atoms with Gasteiger partial charge >= 0.3 is 5.97 Å². The minimum atomic E-state index is -0.430. The van der Waals surface area contributed by atoms with E-state index < -0.39 is 5.97 Å². The highest BCUT2D eigenvalue weighted by atomic mass is 16.5. The van der Waals surface area contributed by atoms with Gasteiger partial charge in [-0.2, -0.15) is 5.10 Å². The van der Waals surface area contributed by atoms with E-state index in [1.165, 1.54) is 6.20 Å².